The smallest absolute Gasteiger partial charge is 0.280 e. The van der Waals surface area contributed by atoms with Crippen LogP contribution in [0.3, 0.4) is 0 Å². The van der Waals surface area contributed by atoms with Gasteiger partial charge in [-0.15, -0.1) is 5.10 Å². The predicted molar refractivity (Wildman–Crippen MR) is 109 cm³/mol. The van der Waals surface area contributed by atoms with E-state index < -0.39 is 0 Å². The standard InChI is InChI=1S/C22H20N6O2/c1-15-7-5-6-10-18(15)22(29)27-12-11-17(13-27)28-14-19(24-26-28)21-23-20(25-30-21)16-8-3-2-4-9-16/h2-10,14,17H,11-13H2,1H3. The summed E-state index contributed by atoms with van der Waals surface area (Å²) in [7, 11) is 0. The van der Waals surface area contributed by atoms with Crippen molar-refractivity contribution in [1.29, 1.82) is 0 Å². The van der Waals surface area contributed by atoms with Crippen LogP contribution < -0.4 is 0 Å². The van der Waals surface area contributed by atoms with Crippen molar-refractivity contribution in [2.75, 3.05) is 13.1 Å². The molecule has 0 bridgehead atoms. The molecule has 2 aromatic heterocycles. The number of carbonyl (C=O) groups excluding carboxylic acids is 1. The number of nitrogens with zero attached hydrogens (tertiary/aromatic N) is 6. The average molecular weight is 400 g/mol. The van der Waals surface area contributed by atoms with E-state index in [1.165, 1.54) is 0 Å². The van der Waals surface area contributed by atoms with Crippen LogP contribution in [-0.4, -0.2) is 49.0 Å². The van der Waals surface area contributed by atoms with Crippen LogP contribution in [0.25, 0.3) is 23.0 Å². The maximum absolute atomic E-state index is 12.9. The summed E-state index contributed by atoms with van der Waals surface area (Å²) >= 11 is 0. The molecule has 4 aromatic rings. The highest BCUT2D eigenvalue weighted by atomic mass is 16.5. The third kappa shape index (κ3) is 3.36. The Labute approximate surface area is 173 Å². The van der Waals surface area contributed by atoms with Gasteiger partial charge in [-0.1, -0.05) is 58.9 Å². The van der Waals surface area contributed by atoms with Gasteiger partial charge in [-0.25, -0.2) is 4.68 Å². The topological polar surface area (TPSA) is 89.9 Å². The van der Waals surface area contributed by atoms with Crippen LogP contribution in [-0.2, 0) is 0 Å². The molecule has 0 saturated carbocycles. The lowest BCUT2D eigenvalue weighted by Crippen LogP contribution is -2.29. The first-order valence-corrected chi connectivity index (χ1v) is 9.85. The maximum atomic E-state index is 12.9. The van der Waals surface area contributed by atoms with E-state index in [0.29, 0.717) is 30.5 Å². The molecule has 1 unspecified atom stereocenters. The van der Waals surface area contributed by atoms with Gasteiger partial charge in [0, 0.05) is 24.2 Å². The van der Waals surface area contributed by atoms with Crippen LogP contribution in [0.5, 0.6) is 0 Å². The molecule has 1 aliphatic rings. The molecule has 1 fully saturated rings. The Balaban J connectivity index is 1.30. The lowest BCUT2D eigenvalue weighted by Gasteiger charge is -2.17. The second-order valence-corrected chi connectivity index (χ2v) is 7.38. The SMILES string of the molecule is Cc1ccccc1C(=O)N1CCC(n2cc(-c3nc(-c4ccccc4)no3)nn2)C1. The minimum Gasteiger partial charge on any atom is -0.336 e. The van der Waals surface area contributed by atoms with Gasteiger partial charge in [0.2, 0.25) is 5.82 Å². The summed E-state index contributed by atoms with van der Waals surface area (Å²) in [6.45, 7) is 3.24. The average Bonchev–Trinajstić information content (AvgIpc) is 3.54. The van der Waals surface area contributed by atoms with E-state index in [9.17, 15) is 4.79 Å². The van der Waals surface area contributed by atoms with E-state index in [0.717, 1.165) is 23.1 Å². The minimum atomic E-state index is 0.0559. The van der Waals surface area contributed by atoms with Gasteiger partial charge in [0.1, 0.15) is 0 Å². The predicted octanol–water partition coefficient (Wildman–Crippen LogP) is 3.39. The Morgan fingerprint density at radius 1 is 1.10 bits per heavy atom. The molecule has 0 aliphatic carbocycles. The second-order valence-electron chi connectivity index (χ2n) is 7.38. The zero-order valence-corrected chi connectivity index (χ0v) is 16.5. The minimum absolute atomic E-state index is 0.0559. The third-order valence-electron chi connectivity index (χ3n) is 5.39. The zero-order chi connectivity index (χ0) is 20.5. The molecule has 1 atom stereocenters. The number of hydrogen-bond acceptors (Lipinski definition) is 6. The van der Waals surface area contributed by atoms with Gasteiger partial charge in [-0.2, -0.15) is 4.98 Å². The van der Waals surface area contributed by atoms with Gasteiger partial charge in [-0.05, 0) is 25.0 Å². The van der Waals surface area contributed by atoms with Crippen molar-refractivity contribution in [1.82, 2.24) is 30.0 Å². The van der Waals surface area contributed by atoms with Gasteiger partial charge in [0.15, 0.2) is 5.69 Å². The molecule has 1 amide bonds. The summed E-state index contributed by atoms with van der Waals surface area (Å²) in [5.41, 5.74) is 3.13. The molecule has 8 nitrogen and oxygen atoms in total. The van der Waals surface area contributed by atoms with Gasteiger partial charge >= 0.3 is 0 Å². The first-order valence-electron chi connectivity index (χ1n) is 9.85. The van der Waals surface area contributed by atoms with E-state index in [1.54, 1.807) is 10.9 Å². The first kappa shape index (κ1) is 18.2. The fourth-order valence-electron chi connectivity index (χ4n) is 3.71. The molecular weight excluding hydrogens is 380 g/mol. The van der Waals surface area contributed by atoms with E-state index in [1.807, 2.05) is 66.4 Å². The highest BCUT2D eigenvalue weighted by Crippen LogP contribution is 2.26. The Morgan fingerprint density at radius 2 is 1.90 bits per heavy atom. The Bertz CT molecular complexity index is 1180. The Kier molecular flexibility index (Phi) is 4.59. The van der Waals surface area contributed by atoms with Crippen molar-refractivity contribution in [3.63, 3.8) is 0 Å². The molecule has 150 valence electrons. The van der Waals surface area contributed by atoms with Crippen LogP contribution in [0.2, 0.25) is 0 Å². The number of aryl methyl sites for hydroxylation is 1. The van der Waals surface area contributed by atoms with Gasteiger partial charge in [-0.3, -0.25) is 4.79 Å². The second kappa shape index (κ2) is 7.55. The molecular formula is C22H20N6O2. The molecule has 0 radical (unpaired) electrons. The van der Waals surface area contributed by atoms with Crippen LogP contribution in [0.15, 0.2) is 65.3 Å². The Morgan fingerprint density at radius 3 is 2.73 bits per heavy atom. The summed E-state index contributed by atoms with van der Waals surface area (Å²) in [6, 6.07) is 17.4. The number of hydrogen-bond donors (Lipinski definition) is 0. The highest BCUT2D eigenvalue weighted by Gasteiger charge is 2.30. The summed E-state index contributed by atoms with van der Waals surface area (Å²) < 4.78 is 7.15. The Hall–Kier alpha value is -3.81. The lowest BCUT2D eigenvalue weighted by atomic mass is 10.1. The van der Waals surface area contributed by atoms with Crippen molar-refractivity contribution in [2.45, 2.75) is 19.4 Å². The fraction of sp³-hybridized carbons (Fsp3) is 0.227. The summed E-state index contributed by atoms with van der Waals surface area (Å²) in [5, 5.41) is 12.5. The van der Waals surface area contributed by atoms with E-state index in [4.69, 9.17) is 4.52 Å². The van der Waals surface area contributed by atoms with E-state index >= 15 is 0 Å². The quantitative estimate of drug-likeness (QED) is 0.522. The summed E-state index contributed by atoms with van der Waals surface area (Å²) in [4.78, 5) is 19.2. The number of aromatic nitrogens is 5. The first-order chi connectivity index (χ1) is 14.7. The molecule has 5 rings (SSSR count). The number of carbonyl (C=O) groups is 1. The van der Waals surface area contributed by atoms with Crippen molar-refractivity contribution in [2.24, 2.45) is 0 Å². The normalized spacial score (nSPS) is 16.2. The number of likely N-dealkylation sites (tertiary alicyclic amines) is 1. The van der Waals surface area contributed by atoms with Crippen molar-refractivity contribution < 1.29 is 9.32 Å². The molecule has 30 heavy (non-hydrogen) atoms. The third-order valence-corrected chi connectivity index (χ3v) is 5.39. The van der Waals surface area contributed by atoms with Gasteiger partial charge in [0.05, 0.1) is 12.2 Å². The molecule has 2 aromatic carbocycles. The molecule has 3 heterocycles. The zero-order valence-electron chi connectivity index (χ0n) is 16.5. The largest absolute Gasteiger partial charge is 0.336 e. The summed E-state index contributed by atoms with van der Waals surface area (Å²) in [6.07, 6.45) is 2.62. The number of amides is 1. The van der Waals surface area contributed by atoms with Crippen molar-refractivity contribution >= 4 is 5.91 Å². The van der Waals surface area contributed by atoms with Crippen molar-refractivity contribution in [3.05, 3.63) is 71.9 Å². The molecule has 1 aliphatic heterocycles. The molecule has 8 heteroatoms. The van der Waals surface area contributed by atoms with Crippen LogP contribution in [0, 0.1) is 6.92 Å². The van der Waals surface area contributed by atoms with Gasteiger partial charge < -0.3 is 9.42 Å². The van der Waals surface area contributed by atoms with Crippen LogP contribution in [0.4, 0.5) is 0 Å². The maximum Gasteiger partial charge on any atom is 0.280 e. The highest BCUT2D eigenvalue weighted by molar-refractivity contribution is 5.95. The van der Waals surface area contributed by atoms with Crippen LogP contribution >= 0.6 is 0 Å². The van der Waals surface area contributed by atoms with Crippen molar-refractivity contribution in [3.8, 4) is 23.0 Å². The fourth-order valence-corrected chi connectivity index (χ4v) is 3.71. The number of rotatable bonds is 4. The molecule has 0 spiro atoms. The van der Waals surface area contributed by atoms with E-state index in [2.05, 4.69) is 20.5 Å². The van der Waals surface area contributed by atoms with Gasteiger partial charge in [0.25, 0.3) is 11.8 Å². The lowest BCUT2D eigenvalue weighted by molar-refractivity contribution is 0.0786. The summed E-state index contributed by atoms with van der Waals surface area (Å²) in [5.74, 6) is 0.891. The van der Waals surface area contributed by atoms with E-state index in [-0.39, 0.29) is 11.9 Å². The number of benzene rings is 2. The molecule has 1 saturated heterocycles. The molecule has 0 N–H and O–H groups in total. The monoisotopic (exact) mass is 400 g/mol. The van der Waals surface area contributed by atoms with Crippen LogP contribution in [0.1, 0.15) is 28.4 Å².